The van der Waals surface area contributed by atoms with Gasteiger partial charge in [0.05, 0.1) is 5.97 Å². The second-order valence-corrected chi connectivity index (χ2v) is 5.00. The number of carbonyl (C=O) groups is 1. The Kier molecular flexibility index (Phi) is 17.8. The Morgan fingerprint density at radius 2 is 1.55 bits per heavy atom. The molecule has 0 aromatic carbocycles. The first-order valence-corrected chi connectivity index (χ1v) is 7.52. The van der Waals surface area contributed by atoms with Crippen LogP contribution in [0, 0.1) is 0 Å². The first-order valence-electron chi connectivity index (χ1n) is 7.52. The summed E-state index contributed by atoms with van der Waals surface area (Å²) in [7, 11) is 0. The standard InChI is InChI=1S/C14H31N3O2.Na/c1-2-3-4-5-6-7-8-13(14(18)19)17(11-9-15)12-10-16;/h13H,2-12,15-16H2,1H3,(H,18,19);/q;+1/p-1. The molecule has 0 heterocycles. The summed E-state index contributed by atoms with van der Waals surface area (Å²) in [6, 6.07) is -0.543. The number of hydrogen-bond donors (Lipinski definition) is 2. The van der Waals surface area contributed by atoms with E-state index in [4.69, 9.17) is 11.5 Å². The van der Waals surface area contributed by atoms with Crippen LogP contribution in [0.25, 0.3) is 0 Å². The van der Waals surface area contributed by atoms with Gasteiger partial charge in [-0.15, -0.1) is 0 Å². The van der Waals surface area contributed by atoms with Gasteiger partial charge >= 0.3 is 29.6 Å². The zero-order valence-corrected chi connectivity index (χ0v) is 15.3. The molecule has 0 saturated heterocycles. The molecule has 0 spiro atoms. The molecule has 0 aliphatic heterocycles. The molecule has 1 unspecified atom stereocenters. The molecule has 0 rings (SSSR count). The Morgan fingerprint density at radius 3 is 2.00 bits per heavy atom. The van der Waals surface area contributed by atoms with E-state index in [9.17, 15) is 9.90 Å². The van der Waals surface area contributed by atoms with Crippen molar-refractivity contribution in [2.24, 2.45) is 11.5 Å². The van der Waals surface area contributed by atoms with Crippen LogP contribution in [-0.2, 0) is 4.79 Å². The minimum absolute atomic E-state index is 0. The van der Waals surface area contributed by atoms with Crippen molar-refractivity contribution in [3.63, 3.8) is 0 Å². The third-order valence-electron chi connectivity index (χ3n) is 3.38. The summed E-state index contributed by atoms with van der Waals surface area (Å²) in [6.07, 6.45) is 7.55. The Hall–Kier alpha value is 0.350. The Bertz CT molecular complexity index is 224. The van der Waals surface area contributed by atoms with E-state index in [-0.39, 0.29) is 29.6 Å². The molecule has 0 fully saturated rings. The van der Waals surface area contributed by atoms with E-state index >= 15 is 0 Å². The zero-order valence-electron chi connectivity index (χ0n) is 13.3. The molecule has 0 bridgehead atoms. The fraction of sp³-hybridized carbons (Fsp3) is 0.929. The largest absolute Gasteiger partial charge is 1.00 e. The smallest absolute Gasteiger partial charge is 0.548 e. The Morgan fingerprint density at radius 1 is 1.05 bits per heavy atom. The second kappa shape index (κ2) is 15.7. The third-order valence-corrected chi connectivity index (χ3v) is 3.38. The predicted octanol–water partition coefficient (Wildman–Crippen LogP) is -2.92. The molecule has 0 amide bonds. The van der Waals surface area contributed by atoms with Crippen LogP contribution < -0.4 is 46.1 Å². The van der Waals surface area contributed by atoms with Crippen molar-refractivity contribution in [3.05, 3.63) is 0 Å². The van der Waals surface area contributed by atoms with E-state index < -0.39 is 12.0 Å². The molecule has 6 heteroatoms. The summed E-state index contributed by atoms with van der Waals surface area (Å²) in [4.78, 5) is 13.1. The number of rotatable bonds is 13. The van der Waals surface area contributed by atoms with Crippen LogP contribution in [0.15, 0.2) is 0 Å². The first kappa shape index (κ1) is 22.6. The maximum Gasteiger partial charge on any atom is 1.00 e. The number of nitrogens with zero attached hydrogens (tertiary/aromatic N) is 1. The van der Waals surface area contributed by atoms with Crippen molar-refractivity contribution >= 4 is 5.97 Å². The van der Waals surface area contributed by atoms with Crippen LogP contribution in [-0.4, -0.2) is 43.1 Å². The van der Waals surface area contributed by atoms with Crippen molar-refractivity contribution in [3.8, 4) is 0 Å². The van der Waals surface area contributed by atoms with Gasteiger partial charge in [-0.3, -0.25) is 4.90 Å². The average Bonchev–Trinajstić information content (AvgIpc) is 2.37. The summed E-state index contributed by atoms with van der Waals surface area (Å²) in [5, 5.41) is 11.2. The fourth-order valence-electron chi connectivity index (χ4n) is 2.32. The molecule has 4 N–H and O–H groups in total. The van der Waals surface area contributed by atoms with Gasteiger partial charge in [-0.05, 0) is 6.42 Å². The topological polar surface area (TPSA) is 95.4 Å². The van der Waals surface area contributed by atoms with Crippen LogP contribution >= 0.6 is 0 Å². The summed E-state index contributed by atoms with van der Waals surface area (Å²) in [5.74, 6) is -1.00. The molecule has 114 valence electrons. The molecule has 0 radical (unpaired) electrons. The first-order chi connectivity index (χ1) is 9.17. The van der Waals surface area contributed by atoms with Crippen molar-refractivity contribution in [2.75, 3.05) is 26.2 Å². The van der Waals surface area contributed by atoms with Gasteiger partial charge in [-0.1, -0.05) is 45.4 Å². The zero-order chi connectivity index (χ0) is 14.5. The molecule has 0 aromatic rings. The maximum absolute atomic E-state index is 11.2. The molecule has 5 nitrogen and oxygen atoms in total. The fourth-order valence-corrected chi connectivity index (χ4v) is 2.32. The van der Waals surface area contributed by atoms with E-state index in [1.807, 2.05) is 4.90 Å². The normalized spacial score (nSPS) is 12.2. The van der Waals surface area contributed by atoms with Gasteiger partial charge in [-0.25, -0.2) is 0 Å². The number of hydrogen-bond acceptors (Lipinski definition) is 5. The molecular formula is C14H30N3NaO2. The van der Waals surface area contributed by atoms with Gasteiger partial charge in [-0.2, -0.15) is 0 Å². The van der Waals surface area contributed by atoms with Crippen LogP contribution in [0.2, 0.25) is 0 Å². The van der Waals surface area contributed by atoms with Crippen molar-refractivity contribution in [2.45, 2.75) is 57.9 Å². The molecule has 0 saturated carbocycles. The number of unbranched alkanes of at least 4 members (excludes halogenated alkanes) is 5. The van der Waals surface area contributed by atoms with Gasteiger partial charge in [0, 0.05) is 32.2 Å². The van der Waals surface area contributed by atoms with Gasteiger partial charge in [0.25, 0.3) is 0 Å². The molecule has 1 atom stereocenters. The van der Waals surface area contributed by atoms with Gasteiger partial charge in [0.2, 0.25) is 0 Å². The molecule has 0 aliphatic carbocycles. The van der Waals surface area contributed by atoms with Gasteiger partial charge in [0.15, 0.2) is 0 Å². The van der Waals surface area contributed by atoms with E-state index in [0.29, 0.717) is 32.6 Å². The summed E-state index contributed by atoms with van der Waals surface area (Å²) in [6.45, 7) is 4.20. The third kappa shape index (κ3) is 11.1. The number of aliphatic carboxylic acids is 1. The molecule has 0 aromatic heterocycles. The average molecular weight is 295 g/mol. The monoisotopic (exact) mass is 295 g/mol. The van der Waals surface area contributed by atoms with E-state index in [1.165, 1.54) is 25.7 Å². The Labute approximate surface area is 145 Å². The number of carbonyl (C=O) groups excluding carboxylic acids is 1. The van der Waals surface area contributed by atoms with Crippen LogP contribution in [0.3, 0.4) is 0 Å². The van der Waals surface area contributed by atoms with Gasteiger partial charge < -0.3 is 21.4 Å². The summed E-state index contributed by atoms with van der Waals surface area (Å²) >= 11 is 0. The SMILES string of the molecule is CCCCCCCCC(C(=O)[O-])N(CCN)CCN.[Na+]. The van der Waals surface area contributed by atoms with Gasteiger partial charge in [0.1, 0.15) is 0 Å². The Balaban J connectivity index is 0. The predicted molar refractivity (Wildman–Crippen MR) is 76.5 cm³/mol. The van der Waals surface area contributed by atoms with Crippen LogP contribution in [0.5, 0.6) is 0 Å². The second-order valence-electron chi connectivity index (χ2n) is 5.00. The summed E-state index contributed by atoms with van der Waals surface area (Å²) in [5.41, 5.74) is 11.0. The van der Waals surface area contributed by atoms with E-state index in [2.05, 4.69) is 6.92 Å². The number of carboxylic acids is 1. The van der Waals surface area contributed by atoms with Crippen LogP contribution in [0.1, 0.15) is 51.9 Å². The van der Waals surface area contributed by atoms with Crippen molar-refractivity contribution < 1.29 is 39.5 Å². The number of nitrogens with two attached hydrogens (primary N) is 2. The minimum Gasteiger partial charge on any atom is -0.548 e. The van der Waals surface area contributed by atoms with Crippen molar-refractivity contribution in [1.82, 2.24) is 4.90 Å². The molecule has 0 aliphatic rings. The minimum atomic E-state index is -1.00. The molecule has 20 heavy (non-hydrogen) atoms. The maximum atomic E-state index is 11.2. The number of carboxylic acid groups (broad SMARTS) is 1. The molecular weight excluding hydrogens is 265 g/mol. The van der Waals surface area contributed by atoms with Crippen molar-refractivity contribution in [1.29, 1.82) is 0 Å². The van der Waals surface area contributed by atoms with E-state index in [0.717, 1.165) is 12.8 Å². The summed E-state index contributed by atoms with van der Waals surface area (Å²) < 4.78 is 0. The van der Waals surface area contributed by atoms with E-state index in [1.54, 1.807) is 0 Å². The quantitative estimate of drug-likeness (QED) is 0.280. The van der Waals surface area contributed by atoms with Crippen LogP contribution in [0.4, 0.5) is 0 Å².